The lowest BCUT2D eigenvalue weighted by atomic mass is 9.80. The van der Waals surface area contributed by atoms with Gasteiger partial charge in [-0.3, -0.25) is 14.4 Å². The van der Waals surface area contributed by atoms with Crippen molar-refractivity contribution in [2.24, 2.45) is 17.8 Å². The maximum absolute atomic E-state index is 12.8. The maximum Gasteiger partial charge on any atom is 0.191 e. The number of carbonyl (C=O) groups is 3. The van der Waals surface area contributed by atoms with Crippen molar-refractivity contribution in [3.05, 3.63) is 23.0 Å². The van der Waals surface area contributed by atoms with Gasteiger partial charge in [-0.1, -0.05) is 39.3 Å². The van der Waals surface area contributed by atoms with Crippen LogP contribution in [0.15, 0.2) is 23.0 Å². The summed E-state index contributed by atoms with van der Waals surface area (Å²) in [6, 6.07) is 0. The minimum Gasteiger partial charge on any atom is -0.508 e. The van der Waals surface area contributed by atoms with E-state index in [4.69, 9.17) is 0 Å². The fraction of sp³-hybridized carbons (Fsp3) is 0.650. The van der Waals surface area contributed by atoms with Crippen molar-refractivity contribution in [1.82, 2.24) is 0 Å². The van der Waals surface area contributed by atoms with Crippen LogP contribution in [0.4, 0.5) is 0 Å². The van der Waals surface area contributed by atoms with Crippen molar-refractivity contribution in [3.63, 3.8) is 0 Å². The van der Waals surface area contributed by atoms with Crippen LogP contribution in [-0.2, 0) is 14.4 Å². The van der Waals surface area contributed by atoms with E-state index in [1.807, 2.05) is 27.7 Å². The Labute approximate surface area is 149 Å². The Kier molecular flexibility index (Phi) is 6.89. The normalized spacial score (nSPS) is 23.6. The Bertz CT molecular complexity index is 620. The molecular weight excluding hydrogens is 320 g/mol. The highest BCUT2D eigenvalue weighted by Crippen LogP contribution is 2.42. The number of carbonyl (C=O) groups excluding carboxylic acids is 3. The van der Waals surface area contributed by atoms with E-state index in [2.05, 4.69) is 0 Å². The molecular formula is C20H30O5. The number of aliphatic hydroxyl groups is 2. The first-order valence-electron chi connectivity index (χ1n) is 8.85. The minimum absolute atomic E-state index is 0.0416. The molecule has 0 heterocycles. The SMILES string of the molecule is CC(C)=CC[C@H]1C(=O)C(C(=O)C(C)C)=C(O)[C@]1(O)C(=O)CCC(C)C. The van der Waals surface area contributed by atoms with E-state index >= 15 is 0 Å². The summed E-state index contributed by atoms with van der Waals surface area (Å²) in [5.41, 5.74) is -1.80. The van der Waals surface area contributed by atoms with Crippen molar-refractivity contribution in [1.29, 1.82) is 0 Å². The van der Waals surface area contributed by atoms with Gasteiger partial charge < -0.3 is 10.2 Å². The minimum atomic E-state index is -2.31. The molecule has 25 heavy (non-hydrogen) atoms. The smallest absolute Gasteiger partial charge is 0.191 e. The summed E-state index contributed by atoms with van der Waals surface area (Å²) in [4.78, 5) is 37.8. The van der Waals surface area contributed by atoms with Gasteiger partial charge in [0.1, 0.15) is 11.3 Å². The lowest BCUT2D eigenvalue weighted by Gasteiger charge is -2.28. The van der Waals surface area contributed by atoms with Crippen LogP contribution >= 0.6 is 0 Å². The van der Waals surface area contributed by atoms with Gasteiger partial charge in [0.15, 0.2) is 23.0 Å². The highest BCUT2D eigenvalue weighted by Gasteiger charge is 2.58. The molecule has 0 saturated carbocycles. The van der Waals surface area contributed by atoms with Gasteiger partial charge in [-0.15, -0.1) is 0 Å². The Morgan fingerprint density at radius 3 is 2.20 bits per heavy atom. The third-order valence-corrected chi connectivity index (χ3v) is 4.57. The first-order chi connectivity index (χ1) is 11.4. The molecule has 0 radical (unpaired) electrons. The Hall–Kier alpha value is -1.75. The van der Waals surface area contributed by atoms with Crippen molar-refractivity contribution >= 4 is 17.3 Å². The average Bonchev–Trinajstić information content (AvgIpc) is 2.69. The summed E-state index contributed by atoms with van der Waals surface area (Å²) in [5, 5.41) is 21.5. The Morgan fingerprint density at radius 2 is 1.76 bits per heavy atom. The summed E-state index contributed by atoms with van der Waals surface area (Å²) in [6.45, 7) is 10.8. The molecule has 5 heteroatoms. The third-order valence-electron chi connectivity index (χ3n) is 4.57. The molecule has 1 aliphatic rings. The molecule has 0 amide bonds. The summed E-state index contributed by atoms with van der Waals surface area (Å²) in [6.07, 6.45) is 2.41. The number of ketones is 3. The van der Waals surface area contributed by atoms with E-state index in [0.717, 1.165) is 5.57 Å². The van der Waals surface area contributed by atoms with Gasteiger partial charge in [0.2, 0.25) is 0 Å². The molecule has 0 aromatic rings. The molecule has 0 spiro atoms. The zero-order chi connectivity index (χ0) is 19.5. The Balaban J connectivity index is 3.37. The van der Waals surface area contributed by atoms with Gasteiger partial charge in [-0.25, -0.2) is 0 Å². The van der Waals surface area contributed by atoms with E-state index in [-0.39, 0.29) is 18.8 Å². The first-order valence-corrected chi connectivity index (χ1v) is 8.85. The van der Waals surface area contributed by atoms with E-state index in [0.29, 0.717) is 6.42 Å². The summed E-state index contributed by atoms with van der Waals surface area (Å²) >= 11 is 0. The summed E-state index contributed by atoms with van der Waals surface area (Å²) in [7, 11) is 0. The van der Waals surface area contributed by atoms with Gasteiger partial charge >= 0.3 is 0 Å². The molecule has 0 aromatic carbocycles. The zero-order valence-corrected chi connectivity index (χ0v) is 16.0. The number of allylic oxidation sites excluding steroid dienone is 3. The van der Waals surface area contributed by atoms with Gasteiger partial charge in [0.05, 0.1) is 5.92 Å². The number of rotatable bonds is 8. The molecule has 0 aliphatic heterocycles. The standard InChI is InChI=1S/C20H30O5/c1-11(2)7-9-14-18(23)16(17(22)13(5)6)19(24)20(14,25)15(21)10-8-12(3)4/h7,12-14,24-25H,8-10H2,1-6H3/t14-,20+/m0/s1. The number of hydrogen-bond donors (Lipinski definition) is 2. The van der Waals surface area contributed by atoms with E-state index in [1.54, 1.807) is 19.9 Å². The molecule has 1 aliphatic carbocycles. The summed E-state index contributed by atoms with van der Waals surface area (Å²) < 4.78 is 0. The molecule has 0 aromatic heterocycles. The van der Waals surface area contributed by atoms with Crippen LogP contribution in [0.2, 0.25) is 0 Å². The number of aliphatic hydroxyl groups excluding tert-OH is 1. The molecule has 0 unspecified atom stereocenters. The molecule has 0 fully saturated rings. The van der Waals surface area contributed by atoms with E-state index in [9.17, 15) is 24.6 Å². The van der Waals surface area contributed by atoms with Gasteiger partial charge in [-0.05, 0) is 32.6 Å². The number of Topliss-reactive ketones (excluding diaryl/α,β-unsaturated/α-hetero) is 3. The largest absolute Gasteiger partial charge is 0.508 e. The van der Waals surface area contributed by atoms with E-state index < -0.39 is 46.1 Å². The Morgan fingerprint density at radius 1 is 1.20 bits per heavy atom. The second kappa shape index (κ2) is 8.09. The maximum atomic E-state index is 12.8. The van der Waals surface area contributed by atoms with Gasteiger partial charge in [0, 0.05) is 12.3 Å². The molecule has 140 valence electrons. The topological polar surface area (TPSA) is 91.7 Å². The molecule has 0 saturated heterocycles. The van der Waals surface area contributed by atoms with Crippen molar-refractivity contribution in [2.75, 3.05) is 0 Å². The van der Waals surface area contributed by atoms with Crippen LogP contribution in [0.1, 0.15) is 60.8 Å². The van der Waals surface area contributed by atoms with Crippen LogP contribution in [0.5, 0.6) is 0 Å². The predicted octanol–water partition coefficient (Wildman–Crippen LogP) is 3.32. The van der Waals surface area contributed by atoms with Crippen LogP contribution in [0.3, 0.4) is 0 Å². The van der Waals surface area contributed by atoms with E-state index in [1.165, 1.54) is 0 Å². The van der Waals surface area contributed by atoms with Crippen LogP contribution in [0, 0.1) is 17.8 Å². The average molecular weight is 350 g/mol. The monoisotopic (exact) mass is 350 g/mol. The first kappa shape index (κ1) is 21.3. The predicted molar refractivity (Wildman–Crippen MR) is 96.1 cm³/mol. The molecule has 0 bridgehead atoms. The second-order valence-corrected chi connectivity index (χ2v) is 7.80. The van der Waals surface area contributed by atoms with Crippen LogP contribution in [-0.4, -0.2) is 33.2 Å². The molecule has 1 rings (SSSR count). The number of hydrogen-bond acceptors (Lipinski definition) is 5. The van der Waals surface area contributed by atoms with Crippen molar-refractivity contribution in [2.45, 2.75) is 66.4 Å². The highest BCUT2D eigenvalue weighted by atomic mass is 16.3. The van der Waals surface area contributed by atoms with Crippen molar-refractivity contribution in [3.8, 4) is 0 Å². The van der Waals surface area contributed by atoms with Crippen LogP contribution < -0.4 is 0 Å². The van der Waals surface area contributed by atoms with Crippen LogP contribution in [0.25, 0.3) is 0 Å². The fourth-order valence-corrected chi connectivity index (χ4v) is 2.93. The van der Waals surface area contributed by atoms with Gasteiger partial charge in [0.25, 0.3) is 0 Å². The summed E-state index contributed by atoms with van der Waals surface area (Å²) in [5.74, 6) is -3.99. The lowest BCUT2D eigenvalue weighted by molar-refractivity contribution is -0.145. The second-order valence-electron chi connectivity index (χ2n) is 7.80. The molecule has 2 N–H and O–H groups in total. The third kappa shape index (κ3) is 4.27. The molecule has 2 atom stereocenters. The van der Waals surface area contributed by atoms with Gasteiger partial charge in [-0.2, -0.15) is 0 Å². The van der Waals surface area contributed by atoms with Crippen molar-refractivity contribution < 1.29 is 24.6 Å². The lowest BCUT2D eigenvalue weighted by Crippen LogP contribution is -2.46. The quantitative estimate of drug-likeness (QED) is 0.517. The zero-order valence-electron chi connectivity index (χ0n) is 16.0. The molecule has 5 nitrogen and oxygen atoms in total. The highest BCUT2D eigenvalue weighted by molar-refractivity contribution is 6.26. The fourth-order valence-electron chi connectivity index (χ4n) is 2.93.